The number of fused-ring (bicyclic) bond motifs is 3. The monoisotopic (exact) mass is 436 g/mol. The van der Waals surface area contributed by atoms with Gasteiger partial charge in [-0.3, -0.25) is 4.90 Å². The van der Waals surface area contributed by atoms with Gasteiger partial charge in [-0.05, 0) is 36.3 Å². The molecule has 32 heavy (non-hydrogen) atoms. The molecule has 3 fully saturated rings. The van der Waals surface area contributed by atoms with Crippen LogP contribution in [0.15, 0.2) is 66.1 Å². The van der Waals surface area contributed by atoms with Gasteiger partial charge in [0, 0.05) is 37.0 Å². The third-order valence-electron chi connectivity index (χ3n) is 6.81. The SMILES string of the molecule is C=CCn1nc[n+](CC=C)c1N=Nc1ccc(N(CC)CC[N+]23CCN(CC2)CC3)cc1. The zero-order valence-corrected chi connectivity index (χ0v) is 19.3. The third-order valence-corrected chi connectivity index (χ3v) is 6.81. The van der Waals surface area contributed by atoms with E-state index in [1.807, 2.05) is 22.8 Å². The van der Waals surface area contributed by atoms with Crippen LogP contribution in [0.3, 0.4) is 0 Å². The standard InChI is InChI=1S/C24H36N8/c1-4-11-30-21-25-31(12-5-2)24(30)27-26-22-7-9-23(10-8-22)29(6-3)16-20-32-17-13-28(14-18-32)15-19-32/h4-5,7-10,21H,1-2,6,11-20H2,3H3/q+2. The Balaban J connectivity index is 1.41. The molecule has 3 saturated heterocycles. The number of hydrogen-bond acceptors (Lipinski definition) is 5. The van der Waals surface area contributed by atoms with Crippen molar-refractivity contribution in [1.82, 2.24) is 14.7 Å². The van der Waals surface area contributed by atoms with Crippen molar-refractivity contribution in [3.05, 3.63) is 55.9 Å². The summed E-state index contributed by atoms with van der Waals surface area (Å²) in [5.41, 5.74) is 2.08. The van der Waals surface area contributed by atoms with E-state index >= 15 is 0 Å². The molecule has 0 aliphatic carbocycles. The Kier molecular flexibility index (Phi) is 7.12. The average Bonchev–Trinajstić information content (AvgIpc) is 3.21. The zero-order valence-electron chi connectivity index (χ0n) is 19.3. The van der Waals surface area contributed by atoms with Crippen LogP contribution in [0.25, 0.3) is 0 Å². The normalized spacial score (nSPS) is 22.3. The molecule has 4 heterocycles. The number of nitrogens with zero attached hydrogens (tertiary/aromatic N) is 8. The van der Waals surface area contributed by atoms with Gasteiger partial charge in [0.15, 0.2) is 0 Å². The van der Waals surface area contributed by atoms with Crippen LogP contribution < -0.4 is 9.47 Å². The molecule has 5 rings (SSSR count). The zero-order chi connectivity index (χ0) is 22.4. The predicted octanol–water partition coefficient (Wildman–Crippen LogP) is 2.93. The van der Waals surface area contributed by atoms with Crippen molar-refractivity contribution in [2.24, 2.45) is 10.2 Å². The van der Waals surface area contributed by atoms with E-state index < -0.39 is 0 Å². The number of azo groups is 1. The van der Waals surface area contributed by atoms with E-state index in [4.69, 9.17) is 0 Å². The summed E-state index contributed by atoms with van der Waals surface area (Å²) in [6.07, 6.45) is 5.37. The van der Waals surface area contributed by atoms with Gasteiger partial charge in [0.2, 0.25) is 6.33 Å². The second-order valence-electron chi connectivity index (χ2n) is 8.72. The van der Waals surface area contributed by atoms with Crippen molar-refractivity contribution in [3.8, 4) is 0 Å². The summed E-state index contributed by atoms with van der Waals surface area (Å²) in [4.78, 5) is 5.08. The number of anilines is 1. The average molecular weight is 437 g/mol. The predicted molar refractivity (Wildman–Crippen MR) is 127 cm³/mol. The maximum Gasteiger partial charge on any atom is 0.404 e. The molecule has 0 saturated carbocycles. The quantitative estimate of drug-likeness (QED) is 0.236. The molecule has 170 valence electrons. The van der Waals surface area contributed by atoms with Crippen LogP contribution in [-0.4, -0.2) is 78.1 Å². The van der Waals surface area contributed by atoms with E-state index in [0.29, 0.717) is 19.0 Å². The molecule has 1 aromatic heterocycles. The van der Waals surface area contributed by atoms with Crippen molar-refractivity contribution in [1.29, 1.82) is 0 Å². The smallest absolute Gasteiger partial charge is 0.366 e. The second kappa shape index (κ2) is 10.2. The van der Waals surface area contributed by atoms with E-state index in [-0.39, 0.29) is 0 Å². The first-order chi connectivity index (χ1) is 15.7. The number of piperazine rings is 3. The molecule has 8 nitrogen and oxygen atoms in total. The Bertz CT molecular complexity index is 896. The fourth-order valence-electron chi connectivity index (χ4n) is 4.71. The molecule has 2 bridgehead atoms. The van der Waals surface area contributed by atoms with E-state index in [1.54, 1.807) is 17.1 Å². The largest absolute Gasteiger partial charge is 0.404 e. The van der Waals surface area contributed by atoms with Gasteiger partial charge in [-0.15, -0.1) is 17.8 Å². The van der Waals surface area contributed by atoms with Crippen LogP contribution in [-0.2, 0) is 13.1 Å². The molecule has 3 aliphatic rings. The first-order valence-corrected chi connectivity index (χ1v) is 11.7. The molecule has 1 aromatic carbocycles. The summed E-state index contributed by atoms with van der Waals surface area (Å²) >= 11 is 0. The Morgan fingerprint density at radius 1 is 1.09 bits per heavy atom. The van der Waals surface area contributed by atoms with Crippen LogP contribution in [0.5, 0.6) is 0 Å². The number of quaternary nitrogens is 1. The molecule has 0 radical (unpaired) electrons. The van der Waals surface area contributed by atoms with Gasteiger partial charge in [0.1, 0.15) is 6.54 Å². The maximum atomic E-state index is 4.46. The van der Waals surface area contributed by atoms with Gasteiger partial charge < -0.3 is 9.38 Å². The summed E-state index contributed by atoms with van der Waals surface area (Å²) in [5.74, 6) is 0.680. The molecule has 0 N–H and O–H groups in total. The van der Waals surface area contributed by atoms with Gasteiger partial charge in [0.25, 0.3) is 0 Å². The van der Waals surface area contributed by atoms with E-state index in [9.17, 15) is 0 Å². The lowest BCUT2D eigenvalue weighted by Gasteiger charge is -2.51. The second-order valence-corrected chi connectivity index (χ2v) is 8.72. The van der Waals surface area contributed by atoms with Crippen LogP contribution >= 0.6 is 0 Å². The Morgan fingerprint density at radius 3 is 2.44 bits per heavy atom. The summed E-state index contributed by atoms with van der Waals surface area (Å²) in [6.45, 7) is 22.1. The van der Waals surface area contributed by atoms with Gasteiger partial charge in [0.05, 0.1) is 45.0 Å². The van der Waals surface area contributed by atoms with Crippen molar-refractivity contribution >= 4 is 17.3 Å². The lowest BCUT2D eigenvalue weighted by atomic mass is 10.1. The lowest BCUT2D eigenvalue weighted by molar-refractivity contribution is -0.939. The first-order valence-electron chi connectivity index (χ1n) is 11.7. The number of rotatable bonds is 11. The maximum absolute atomic E-state index is 4.46. The minimum Gasteiger partial charge on any atom is -0.366 e. The summed E-state index contributed by atoms with van der Waals surface area (Å²) in [6, 6.07) is 8.40. The first kappa shape index (κ1) is 22.4. The fraction of sp³-hybridized carbons (Fsp3) is 0.500. The lowest BCUT2D eigenvalue weighted by Crippen LogP contribution is -2.68. The van der Waals surface area contributed by atoms with Crippen LogP contribution in [0.2, 0.25) is 0 Å². The Hall–Kier alpha value is -2.84. The van der Waals surface area contributed by atoms with Gasteiger partial charge in [-0.1, -0.05) is 17.3 Å². The number of aromatic nitrogens is 3. The molecule has 0 spiro atoms. The van der Waals surface area contributed by atoms with Gasteiger partial charge in [-0.2, -0.15) is 0 Å². The summed E-state index contributed by atoms with van der Waals surface area (Å²) in [7, 11) is 0. The highest BCUT2D eigenvalue weighted by Gasteiger charge is 2.38. The Morgan fingerprint density at radius 2 is 1.81 bits per heavy atom. The molecule has 0 amide bonds. The van der Waals surface area contributed by atoms with Crippen molar-refractivity contribution in [2.45, 2.75) is 20.0 Å². The van der Waals surface area contributed by atoms with Gasteiger partial charge in [-0.25, -0.2) is 4.57 Å². The molecule has 0 unspecified atom stereocenters. The van der Waals surface area contributed by atoms with E-state index in [2.05, 4.69) is 57.3 Å². The Labute approximate surface area is 191 Å². The molecule has 3 aliphatic heterocycles. The van der Waals surface area contributed by atoms with E-state index in [0.717, 1.165) is 18.8 Å². The molecule has 8 heteroatoms. The van der Waals surface area contributed by atoms with Crippen LogP contribution in [0.4, 0.5) is 17.3 Å². The molecular weight excluding hydrogens is 400 g/mol. The van der Waals surface area contributed by atoms with Crippen molar-refractivity contribution in [2.75, 3.05) is 63.8 Å². The van der Waals surface area contributed by atoms with Crippen molar-refractivity contribution < 1.29 is 9.05 Å². The van der Waals surface area contributed by atoms with E-state index in [1.165, 1.54) is 56.0 Å². The third kappa shape index (κ3) is 4.97. The number of allylic oxidation sites excluding steroid dienone is 2. The van der Waals surface area contributed by atoms with Gasteiger partial charge >= 0.3 is 5.95 Å². The highest BCUT2D eigenvalue weighted by molar-refractivity contribution is 5.52. The summed E-state index contributed by atoms with van der Waals surface area (Å²) in [5, 5.41) is 13.3. The highest BCUT2D eigenvalue weighted by Crippen LogP contribution is 2.23. The number of likely N-dealkylation sites (N-methyl/N-ethyl adjacent to an activating group) is 1. The minimum absolute atomic E-state index is 0.584. The molecular formula is C24H36N8+2. The topological polar surface area (TPSA) is 52.9 Å². The fourth-order valence-corrected chi connectivity index (χ4v) is 4.71. The van der Waals surface area contributed by atoms with Crippen molar-refractivity contribution in [3.63, 3.8) is 0 Å². The molecule has 2 aromatic rings. The number of benzene rings is 1. The molecule has 0 atom stereocenters. The summed E-state index contributed by atoms with van der Waals surface area (Å²) < 4.78 is 4.99. The van der Waals surface area contributed by atoms with Crippen LogP contribution in [0, 0.1) is 0 Å². The number of hydrogen-bond donors (Lipinski definition) is 0. The van der Waals surface area contributed by atoms with Crippen LogP contribution in [0.1, 0.15) is 6.92 Å². The minimum atomic E-state index is 0.584. The highest BCUT2D eigenvalue weighted by atomic mass is 15.5.